The molecule has 0 spiro atoms. The van der Waals surface area contributed by atoms with Crippen molar-refractivity contribution >= 4 is 15.9 Å². The summed E-state index contributed by atoms with van der Waals surface area (Å²) in [6, 6.07) is 3.07. The van der Waals surface area contributed by atoms with Crippen LogP contribution in [-0.2, 0) is 5.92 Å². The minimum atomic E-state index is -2.87. The van der Waals surface area contributed by atoms with Crippen molar-refractivity contribution in [1.82, 2.24) is 4.98 Å². The van der Waals surface area contributed by atoms with Crippen molar-refractivity contribution in [2.45, 2.75) is 19.8 Å². The molecule has 0 unspecified atom stereocenters. The van der Waals surface area contributed by atoms with Gasteiger partial charge in [0.25, 0.3) is 5.92 Å². The van der Waals surface area contributed by atoms with Gasteiger partial charge < -0.3 is 0 Å². The average molecular weight is 236 g/mol. The molecule has 1 aromatic rings. The fourth-order valence-electron chi connectivity index (χ4n) is 0.850. The fraction of sp³-hybridized carbons (Fsp3) is 0.375. The van der Waals surface area contributed by atoms with Gasteiger partial charge in [-0.3, -0.25) is 0 Å². The van der Waals surface area contributed by atoms with E-state index in [1.807, 2.05) is 0 Å². The molecule has 0 saturated heterocycles. The van der Waals surface area contributed by atoms with Crippen LogP contribution in [0.5, 0.6) is 0 Å². The molecule has 1 nitrogen and oxygen atoms in total. The zero-order valence-electron chi connectivity index (χ0n) is 6.74. The number of pyridine rings is 1. The highest BCUT2D eigenvalue weighted by molar-refractivity contribution is 9.10. The molecule has 1 aromatic heterocycles. The molecule has 0 aromatic carbocycles. The van der Waals surface area contributed by atoms with Crippen molar-refractivity contribution in [2.24, 2.45) is 0 Å². The number of hydrogen-bond acceptors (Lipinski definition) is 1. The van der Waals surface area contributed by atoms with Gasteiger partial charge in [-0.25, -0.2) is 4.98 Å². The van der Waals surface area contributed by atoms with Crippen molar-refractivity contribution in [3.8, 4) is 0 Å². The molecule has 0 N–H and O–H groups in total. The van der Waals surface area contributed by atoms with E-state index < -0.39 is 5.92 Å². The lowest BCUT2D eigenvalue weighted by Crippen LogP contribution is -2.09. The zero-order valence-corrected chi connectivity index (χ0v) is 8.32. The van der Waals surface area contributed by atoms with Crippen LogP contribution in [0.15, 0.2) is 16.7 Å². The molecule has 0 atom stereocenters. The Morgan fingerprint density at radius 3 is 2.42 bits per heavy atom. The van der Waals surface area contributed by atoms with Gasteiger partial charge in [-0.1, -0.05) is 0 Å². The molecule has 0 aliphatic heterocycles. The first-order valence-corrected chi connectivity index (χ1v) is 4.21. The van der Waals surface area contributed by atoms with Gasteiger partial charge in [0.15, 0.2) is 0 Å². The zero-order chi connectivity index (χ0) is 9.35. The van der Waals surface area contributed by atoms with Gasteiger partial charge in [0.1, 0.15) is 10.3 Å². The van der Waals surface area contributed by atoms with Crippen molar-refractivity contribution in [3.05, 3.63) is 28.0 Å². The minimum Gasteiger partial charge on any atom is -0.240 e. The topological polar surface area (TPSA) is 12.9 Å². The van der Waals surface area contributed by atoms with E-state index in [2.05, 4.69) is 20.9 Å². The van der Waals surface area contributed by atoms with Crippen LogP contribution < -0.4 is 0 Å². The second kappa shape index (κ2) is 3.09. The molecule has 1 heterocycles. The molecule has 0 aliphatic carbocycles. The summed E-state index contributed by atoms with van der Waals surface area (Å²) in [6.45, 7) is 2.59. The van der Waals surface area contributed by atoms with Crippen LogP contribution in [0.3, 0.4) is 0 Å². The van der Waals surface area contributed by atoms with Gasteiger partial charge in [-0.05, 0) is 40.5 Å². The number of nitrogens with zero attached hydrogens (tertiary/aromatic N) is 1. The van der Waals surface area contributed by atoms with Crippen molar-refractivity contribution < 1.29 is 8.78 Å². The Kier molecular flexibility index (Phi) is 2.46. The molecule has 0 fully saturated rings. The maximum atomic E-state index is 12.7. The standard InChI is InChI=1S/C8H8BrF2N/c1-5-3-6(8(2,10)11)12-7(9)4-5/h3-4H,1-2H3. The normalized spacial score (nSPS) is 11.8. The predicted molar refractivity (Wildman–Crippen MR) is 46.2 cm³/mol. The number of hydrogen-bond donors (Lipinski definition) is 0. The number of alkyl halides is 2. The van der Waals surface area contributed by atoms with Crippen LogP contribution in [-0.4, -0.2) is 4.98 Å². The highest BCUT2D eigenvalue weighted by Gasteiger charge is 2.26. The monoisotopic (exact) mass is 235 g/mol. The Labute approximate surface area is 77.9 Å². The second-order valence-electron chi connectivity index (χ2n) is 2.74. The summed E-state index contributed by atoms with van der Waals surface area (Å²) < 4.78 is 25.9. The summed E-state index contributed by atoms with van der Waals surface area (Å²) in [5.74, 6) is -2.87. The molecule has 0 amide bonds. The third-order valence-electron chi connectivity index (χ3n) is 1.39. The molecule has 0 radical (unpaired) electrons. The lowest BCUT2D eigenvalue weighted by atomic mass is 10.2. The molecular weight excluding hydrogens is 228 g/mol. The predicted octanol–water partition coefficient (Wildman–Crippen LogP) is 3.26. The van der Waals surface area contributed by atoms with Crippen LogP contribution in [0.25, 0.3) is 0 Å². The highest BCUT2D eigenvalue weighted by atomic mass is 79.9. The van der Waals surface area contributed by atoms with Gasteiger partial charge in [-0.15, -0.1) is 0 Å². The molecule has 12 heavy (non-hydrogen) atoms. The lowest BCUT2D eigenvalue weighted by Gasteiger charge is -2.10. The first-order valence-electron chi connectivity index (χ1n) is 3.42. The summed E-state index contributed by atoms with van der Waals surface area (Å²) in [7, 11) is 0. The molecule has 4 heteroatoms. The highest BCUT2D eigenvalue weighted by Crippen LogP contribution is 2.26. The first kappa shape index (κ1) is 9.58. The van der Waals surface area contributed by atoms with E-state index >= 15 is 0 Å². The number of halogens is 3. The molecule has 0 saturated carbocycles. The van der Waals surface area contributed by atoms with Gasteiger partial charge in [0.05, 0.1) is 0 Å². The van der Waals surface area contributed by atoms with Crippen LogP contribution in [0.4, 0.5) is 8.78 Å². The summed E-state index contributed by atoms with van der Waals surface area (Å²) in [4.78, 5) is 3.67. The third-order valence-corrected chi connectivity index (χ3v) is 1.79. The second-order valence-corrected chi connectivity index (χ2v) is 3.55. The van der Waals surface area contributed by atoms with E-state index in [1.54, 1.807) is 13.0 Å². The van der Waals surface area contributed by atoms with Gasteiger partial charge in [-0.2, -0.15) is 8.78 Å². The molecular formula is C8H8BrF2N. The van der Waals surface area contributed by atoms with Crippen LogP contribution in [0, 0.1) is 6.92 Å². The van der Waals surface area contributed by atoms with Gasteiger partial charge >= 0.3 is 0 Å². The summed E-state index contributed by atoms with van der Waals surface area (Å²) in [5.41, 5.74) is 0.572. The third kappa shape index (κ3) is 2.24. The minimum absolute atomic E-state index is 0.200. The smallest absolute Gasteiger partial charge is 0.240 e. The maximum Gasteiger partial charge on any atom is 0.287 e. The van der Waals surface area contributed by atoms with E-state index in [9.17, 15) is 8.78 Å². The Morgan fingerprint density at radius 1 is 1.42 bits per heavy atom. The van der Waals surface area contributed by atoms with E-state index in [1.165, 1.54) is 6.07 Å². The van der Waals surface area contributed by atoms with Crippen molar-refractivity contribution in [2.75, 3.05) is 0 Å². The quantitative estimate of drug-likeness (QED) is 0.682. The van der Waals surface area contributed by atoms with Gasteiger partial charge in [0.2, 0.25) is 0 Å². The van der Waals surface area contributed by atoms with Gasteiger partial charge in [0, 0.05) is 6.92 Å². The van der Waals surface area contributed by atoms with Crippen LogP contribution in [0.1, 0.15) is 18.2 Å². The van der Waals surface area contributed by atoms with Crippen LogP contribution in [0.2, 0.25) is 0 Å². The largest absolute Gasteiger partial charge is 0.287 e. The Hall–Kier alpha value is -0.510. The average Bonchev–Trinajstić information content (AvgIpc) is 1.82. The summed E-state index contributed by atoms with van der Waals surface area (Å²) in [5, 5.41) is 0. The van der Waals surface area contributed by atoms with Crippen molar-refractivity contribution in [1.29, 1.82) is 0 Å². The SMILES string of the molecule is Cc1cc(Br)nc(C(C)(F)F)c1. The van der Waals surface area contributed by atoms with E-state index in [4.69, 9.17) is 0 Å². The van der Waals surface area contributed by atoms with E-state index in [0.717, 1.165) is 12.5 Å². The number of aryl methyl sites for hydroxylation is 1. The number of rotatable bonds is 1. The lowest BCUT2D eigenvalue weighted by molar-refractivity contribution is 0.0125. The molecule has 0 bridgehead atoms. The first-order chi connectivity index (χ1) is 5.39. The van der Waals surface area contributed by atoms with E-state index in [0.29, 0.717) is 4.60 Å². The Bertz CT molecular complexity index is 273. The van der Waals surface area contributed by atoms with Crippen LogP contribution >= 0.6 is 15.9 Å². The Balaban J connectivity index is 3.18. The maximum absolute atomic E-state index is 12.7. The van der Waals surface area contributed by atoms with E-state index in [-0.39, 0.29) is 5.69 Å². The summed E-state index contributed by atoms with van der Waals surface area (Å²) >= 11 is 3.06. The number of aromatic nitrogens is 1. The summed E-state index contributed by atoms with van der Waals surface area (Å²) in [6.07, 6.45) is 0. The molecule has 66 valence electrons. The fourth-order valence-corrected chi connectivity index (χ4v) is 1.40. The molecule has 0 aliphatic rings. The molecule has 1 rings (SSSR count). The van der Waals surface area contributed by atoms with Crippen molar-refractivity contribution in [3.63, 3.8) is 0 Å². The Morgan fingerprint density at radius 2 is 2.00 bits per heavy atom.